The first kappa shape index (κ1) is 17.5. The maximum atomic E-state index is 14.0. The number of aromatic nitrogens is 2. The van der Waals surface area contributed by atoms with E-state index in [0.29, 0.717) is 26.1 Å². The van der Waals surface area contributed by atoms with E-state index < -0.39 is 23.8 Å². The van der Waals surface area contributed by atoms with E-state index in [1.807, 2.05) is 6.20 Å². The van der Waals surface area contributed by atoms with Crippen LogP contribution in [0, 0.1) is 11.6 Å². The molecule has 0 saturated carbocycles. The molecule has 1 aromatic heterocycles. The van der Waals surface area contributed by atoms with E-state index in [1.165, 1.54) is 0 Å². The molecule has 1 aromatic carbocycles. The summed E-state index contributed by atoms with van der Waals surface area (Å²) < 4.78 is 35.1. The zero-order valence-corrected chi connectivity index (χ0v) is 14.3. The van der Waals surface area contributed by atoms with Crippen LogP contribution in [0.5, 0.6) is 0 Å². The fourth-order valence-corrected chi connectivity index (χ4v) is 3.86. The molecule has 8 heteroatoms. The first-order valence-corrected chi connectivity index (χ1v) is 8.77. The molecule has 2 aliphatic heterocycles. The highest BCUT2D eigenvalue weighted by Crippen LogP contribution is 2.33. The van der Waals surface area contributed by atoms with Crippen molar-refractivity contribution in [2.75, 3.05) is 13.2 Å². The Morgan fingerprint density at radius 3 is 2.88 bits per heavy atom. The Hall–Kier alpha value is -1.87. The van der Waals surface area contributed by atoms with Gasteiger partial charge in [-0.15, -0.1) is 0 Å². The van der Waals surface area contributed by atoms with Crippen LogP contribution in [0.3, 0.4) is 0 Å². The van der Waals surface area contributed by atoms with E-state index in [4.69, 9.17) is 15.6 Å². The topological polar surface area (TPSA) is 76.5 Å². The maximum Gasteiger partial charge on any atom is 0.129 e. The average Bonchev–Trinajstić information content (AvgIpc) is 3.16. The number of benzene rings is 1. The number of aliphatic hydroxyl groups excluding tert-OH is 1. The molecule has 2 aliphatic rings. The van der Waals surface area contributed by atoms with Gasteiger partial charge in [-0.25, -0.2) is 8.78 Å². The van der Waals surface area contributed by atoms with Crippen LogP contribution in [-0.4, -0.2) is 45.1 Å². The van der Waals surface area contributed by atoms with Gasteiger partial charge in [-0.1, -0.05) is 0 Å². The van der Waals surface area contributed by atoms with Crippen molar-refractivity contribution in [3.8, 4) is 0 Å². The lowest BCUT2D eigenvalue weighted by molar-refractivity contribution is -0.0533. The SMILES string of the molecule is NC1CC(N2Cc3cn(CCO)nc3C2)CO[C@@H]1c1cc(F)ccc1F. The number of hydrogen-bond acceptors (Lipinski definition) is 5. The van der Waals surface area contributed by atoms with Crippen molar-refractivity contribution < 1.29 is 18.6 Å². The van der Waals surface area contributed by atoms with Gasteiger partial charge in [0.15, 0.2) is 0 Å². The summed E-state index contributed by atoms with van der Waals surface area (Å²) >= 11 is 0. The summed E-state index contributed by atoms with van der Waals surface area (Å²) in [4.78, 5) is 2.25. The molecule has 0 aliphatic carbocycles. The van der Waals surface area contributed by atoms with Crippen molar-refractivity contribution >= 4 is 0 Å². The van der Waals surface area contributed by atoms with Crippen LogP contribution in [-0.2, 0) is 24.4 Å². The third kappa shape index (κ3) is 3.25. The molecule has 1 saturated heterocycles. The predicted octanol–water partition coefficient (Wildman–Crippen LogP) is 1.33. The molecule has 6 nitrogen and oxygen atoms in total. The number of fused-ring (bicyclic) bond motifs is 1. The van der Waals surface area contributed by atoms with Crippen molar-refractivity contribution in [3.63, 3.8) is 0 Å². The van der Waals surface area contributed by atoms with E-state index in [0.717, 1.165) is 36.0 Å². The quantitative estimate of drug-likeness (QED) is 0.856. The van der Waals surface area contributed by atoms with E-state index in [9.17, 15) is 8.78 Å². The van der Waals surface area contributed by atoms with Gasteiger partial charge in [0.2, 0.25) is 0 Å². The van der Waals surface area contributed by atoms with Gasteiger partial charge in [0.1, 0.15) is 17.7 Å². The van der Waals surface area contributed by atoms with Gasteiger partial charge in [0, 0.05) is 42.5 Å². The summed E-state index contributed by atoms with van der Waals surface area (Å²) in [5.41, 5.74) is 8.57. The predicted molar refractivity (Wildman–Crippen MR) is 90.0 cm³/mol. The van der Waals surface area contributed by atoms with Gasteiger partial charge < -0.3 is 15.6 Å². The largest absolute Gasteiger partial charge is 0.394 e. The second-order valence-electron chi connectivity index (χ2n) is 6.97. The van der Waals surface area contributed by atoms with Crippen LogP contribution in [0.4, 0.5) is 8.78 Å². The molecule has 0 amide bonds. The summed E-state index contributed by atoms with van der Waals surface area (Å²) in [7, 11) is 0. The molecule has 26 heavy (non-hydrogen) atoms. The van der Waals surface area contributed by atoms with Gasteiger partial charge in [0.05, 0.1) is 25.5 Å². The van der Waals surface area contributed by atoms with Crippen molar-refractivity contribution in [1.82, 2.24) is 14.7 Å². The molecule has 2 aromatic rings. The van der Waals surface area contributed by atoms with Crippen molar-refractivity contribution in [3.05, 3.63) is 52.9 Å². The highest BCUT2D eigenvalue weighted by molar-refractivity contribution is 5.24. The minimum absolute atomic E-state index is 0.0631. The lowest BCUT2D eigenvalue weighted by atomic mass is 9.93. The molecule has 0 bridgehead atoms. The molecule has 3 N–H and O–H groups in total. The number of nitrogens with two attached hydrogens (primary N) is 1. The number of nitrogens with zero attached hydrogens (tertiary/aromatic N) is 3. The van der Waals surface area contributed by atoms with Gasteiger partial charge in [-0.05, 0) is 24.6 Å². The standard InChI is InChI=1S/C18H22F2N4O2/c19-12-1-2-15(20)14(5-12)18-16(21)6-13(10-26-18)23-7-11-8-24(3-4-25)22-17(11)9-23/h1-2,5,8,13,16,18,25H,3-4,6-7,9-10,21H2/t13?,16?,18-/m1/s1. The van der Waals surface area contributed by atoms with E-state index in [1.54, 1.807) is 4.68 Å². The summed E-state index contributed by atoms with van der Waals surface area (Å²) in [6.45, 7) is 2.42. The van der Waals surface area contributed by atoms with E-state index in [2.05, 4.69) is 10.00 Å². The van der Waals surface area contributed by atoms with E-state index >= 15 is 0 Å². The number of hydrogen-bond donors (Lipinski definition) is 2. The number of rotatable bonds is 4. The van der Waals surface area contributed by atoms with Gasteiger partial charge >= 0.3 is 0 Å². The summed E-state index contributed by atoms with van der Waals surface area (Å²) in [5.74, 6) is -0.992. The Kier molecular flexibility index (Phi) is 4.74. The third-order valence-corrected chi connectivity index (χ3v) is 5.16. The Morgan fingerprint density at radius 2 is 2.15 bits per heavy atom. The molecule has 2 unspecified atom stereocenters. The number of halogens is 2. The smallest absolute Gasteiger partial charge is 0.129 e. The van der Waals surface area contributed by atoms with Gasteiger partial charge in [-0.3, -0.25) is 9.58 Å². The second-order valence-corrected chi connectivity index (χ2v) is 6.97. The molecule has 140 valence electrons. The Labute approximate surface area is 150 Å². The van der Waals surface area contributed by atoms with Crippen LogP contribution in [0.2, 0.25) is 0 Å². The average molecular weight is 364 g/mol. The van der Waals surface area contributed by atoms with Gasteiger partial charge in [-0.2, -0.15) is 5.10 Å². The zero-order valence-electron chi connectivity index (χ0n) is 14.3. The maximum absolute atomic E-state index is 14.0. The molecule has 3 atom stereocenters. The molecule has 0 radical (unpaired) electrons. The summed E-state index contributed by atoms with van der Waals surface area (Å²) in [6, 6.07) is 3.06. The van der Waals surface area contributed by atoms with Crippen LogP contribution < -0.4 is 5.73 Å². The molecule has 1 fully saturated rings. The molecule has 4 rings (SSSR count). The first-order valence-electron chi connectivity index (χ1n) is 8.77. The number of aliphatic hydroxyl groups is 1. The summed E-state index contributed by atoms with van der Waals surface area (Å²) in [5, 5.41) is 13.5. The Balaban J connectivity index is 1.41. The highest BCUT2D eigenvalue weighted by atomic mass is 19.1. The van der Waals surface area contributed by atoms with Crippen LogP contribution in [0.25, 0.3) is 0 Å². The van der Waals surface area contributed by atoms with E-state index in [-0.39, 0.29) is 18.2 Å². The Morgan fingerprint density at radius 1 is 1.31 bits per heavy atom. The fraction of sp³-hybridized carbons (Fsp3) is 0.500. The summed E-state index contributed by atoms with van der Waals surface area (Å²) in [6.07, 6.45) is 1.96. The van der Waals surface area contributed by atoms with Gasteiger partial charge in [0.25, 0.3) is 0 Å². The third-order valence-electron chi connectivity index (χ3n) is 5.16. The number of ether oxygens (including phenoxy) is 1. The minimum atomic E-state index is -0.638. The van der Waals surface area contributed by atoms with Crippen molar-refractivity contribution in [2.24, 2.45) is 5.73 Å². The monoisotopic (exact) mass is 364 g/mol. The lowest BCUT2D eigenvalue weighted by Gasteiger charge is -2.38. The van der Waals surface area contributed by atoms with Crippen molar-refractivity contribution in [2.45, 2.75) is 44.2 Å². The normalized spacial score (nSPS) is 26.2. The van der Waals surface area contributed by atoms with Crippen LogP contribution >= 0.6 is 0 Å². The minimum Gasteiger partial charge on any atom is -0.394 e. The zero-order chi connectivity index (χ0) is 18.3. The molecular weight excluding hydrogens is 342 g/mol. The lowest BCUT2D eigenvalue weighted by Crippen LogP contribution is -2.47. The fourth-order valence-electron chi connectivity index (χ4n) is 3.86. The van der Waals surface area contributed by atoms with Crippen LogP contribution in [0.15, 0.2) is 24.4 Å². The Bertz CT molecular complexity index is 774. The molecule has 3 heterocycles. The van der Waals surface area contributed by atoms with Crippen LogP contribution in [0.1, 0.15) is 29.3 Å². The van der Waals surface area contributed by atoms with Crippen molar-refractivity contribution in [1.29, 1.82) is 0 Å². The molecular formula is C18H22F2N4O2. The molecule has 0 spiro atoms. The first-order chi connectivity index (χ1) is 12.5. The highest BCUT2D eigenvalue weighted by Gasteiger charge is 2.37. The second kappa shape index (κ2) is 7.03.